The first-order valence-corrected chi connectivity index (χ1v) is 6.69. The number of benzene rings is 1. The van der Waals surface area contributed by atoms with Gasteiger partial charge >= 0.3 is 5.97 Å². The molecule has 2 aromatic rings. The van der Waals surface area contributed by atoms with E-state index in [1.807, 2.05) is 24.3 Å². The maximum Gasteiger partial charge on any atom is 0.360 e. The first-order chi connectivity index (χ1) is 10.3. The van der Waals surface area contributed by atoms with Crippen molar-refractivity contribution in [2.45, 2.75) is 12.6 Å². The van der Waals surface area contributed by atoms with Gasteiger partial charge < -0.3 is 14.8 Å². The summed E-state index contributed by atoms with van der Waals surface area (Å²) in [6.07, 6.45) is 1.62. The lowest BCUT2D eigenvalue weighted by molar-refractivity contribution is 0.0465. The Morgan fingerprint density at radius 2 is 2.33 bits per heavy atom. The van der Waals surface area contributed by atoms with Gasteiger partial charge in [0, 0.05) is 13.1 Å². The molecular formula is C14H16N4O3. The maximum atomic E-state index is 11.9. The van der Waals surface area contributed by atoms with E-state index in [2.05, 4.69) is 15.6 Å². The molecule has 7 nitrogen and oxygen atoms in total. The number of methoxy groups -OCH3 is 1. The Labute approximate surface area is 121 Å². The van der Waals surface area contributed by atoms with E-state index in [1.165, 1.54) is 0 Å². The molecule has 7 heteroatoms. The van der Waals surface area contributed by atoms with Crippen LogP contribution in [-0.4, -0.2) is 41.2 Å². The standard InChI is InChI=1S/C14H16N4O3/c1-20-12-4-2-3-10(5-12)9-21-14(19)13-8-18(17-16-13)11-6-15-7-11/h2-5,8,11,15H,6-7,9H2,1H3. The number of rotatable bonds is 5. The zero-order valence-corrected chi connectivity index (χ0v) is 11.7. The average molecular weight is 288 g/mol. The first kappa shape index (κ1) is 13.6. The molecule has 0 atom stereocenters. The van der Waals surface area contributed by atoms with Crippen LogP contribution in [0.15, 0.2) is 30.5 Å². The molecule has 21 heavy (non-hydrogen) atoms. The van der Waals surface area contributed by atoms with E-state index in [0.717, 1.165) is 24.4 Å². The predicted octanol–water partition coefficient (Wildman–Crippen LogP) is 0.788. The number of aromatic nitrogens is 3. The molecule has 3 rings (SSSR count). The fourth-order valence-electron chi connectivity index (χ4n) is 1.99. The van der Waals surface area contributed by atoms with E-state index in [-0.39, 0.29) is 18.3 Å². The highest BCUT2D eigenvalue weighted by atomic mass is 16.5. The topological polar surface area (TPSA) is 78.3 Å². The number of nitrogens with one attached hydrogen (secondary N) is 1. The summed E-state index contributed by atoms with van der Waals surface area (Å²) >= 11 is 0. The summed E-state index contributed by atoms with van der Waals surface area (Å²) in [5.41, 5.74) is 1.09. The van der Waals surface area contributed by atoms with Crippen LogP contribution >= 0.6 is 0 Å². The third-order valence-corrected chi connectivity index (χ3v) is 3.36. The van der Waals surface area contributed by atoms with Crippen molar-refractivity contribution in [2.75, 3.05) is 20.2 Å². The Morgan fingerprint density at radius 1 is 1.48 bits per heavy atom. The largest absolute Gasteiger partial charge is 0.497 e. The number of carbonyl (C=O) groups is 1. The Bertz CT molecular complexity index is 637. The highest BCUT2D eigenvalue weighted by Crippen LogP contribution is 2.14. The number of nitrogens with zero attached hydrogens (tertiary/aromatic N) is 3. The summed E-state index contributed by atoms with van der Waals surface area (Å²) < 4.78 is 12.0. The molecule has 0 amide bonds. The van der Waals surface area contributed by atoms with Crippen molar-refractivity contribution in [3.63, 3.8) is 0 Å². The van der Waals surface area contributed by atoms with Crippen molar-refractivity contribution >= 4 is 5.97 Å². The van der Waals surface area contributed by atoms with Crippen LogP contribution < -0.4 is 10.1 Å². The molecule has 0 aliphatic carbocycles. The molecule has 110 valence electrons. The van der Waals surface area contributed by atoms with Crippen molar-refractivity contribution in [3.05, 3.63) is 41.7 Å². The molecule has 1 saturated heterocycles. The SMILES string of the molecule is COc1cccc(COC(=O)c2cn(C3CNC3)nn2)c1. The number of esters is 1. The number of ether oxygens (including phenoxy) is 2. The summed E-state index contributed by atoms with van der Waals surface area (Å²) in [6.45, 7) is 1.87. The van der Waals surface area contributed by atoms with Crippen LogP contribution in [0.2, 0.25) is 0 Å². The zero-order valence-electron chi connectivity index (χ0n) is 11.7. The second-order valence-electron chi connectivity index (χ2n) is 4.82. The van der Waals surface area contributed by atoms with E-state index < -0.39 is 5.97 Å². The van der Waals surface area contributed by atoms with Gasteiger partial charge in [-0.15, -0.1) is 5.10 Å². The first-order valence-electron chi connectivity index (χ1n) is 6.69. The Balaban J connectivity index is 1.59. The summed E-state index contributed by atoms with van der Waals surface area (Å²) in [5.74, 6) is 0.253. The van der Waals surface area contributed by atoms with Gasteiger partial charge in [-0.05, 0) is 17.7 Å². The smallest absolute Gasteiger partial charge is 0.360 e. The van der Waals surface area contributed by atoms with Crippen molar-refractivity contribution in [1.82, 2.24) is 20.3 Å². The second-order valence-corrected chi connectivity index (χ2v) is 4.82. The van der Waals surface area contributed by atoms with E-state index in [4.69, 9.17) is 9.47 Å². The average Bonchev–Trinajstić information content (AvgIpc) is 2.92. The fraction of sp³-hybridized carbons (Fsp3) is 0.357. The third kappa shape index (κ3) is 3.03. The minimum absolute atomic E-state index is 0.174. The maximum absolute atomic E-state index is 11.9. The lowest BCUT2D eigenvalue weighted by atomic mass is 10.2. The molecule has 1 aromatic carbocycles. The molecule has 1 aliphatic rings. The summed E-state index contributed by atoms with van der Waals surface area (Å²) in [5, 5.41) is 10.9. The van der Waals surface area contributed by atoms with Crippen LogP contribution in [0.25, 0.3) is 0 Å². The van der Waals surface area contributed by atoms with Crippen LogP contribution in [0.4, 0.5) is 0 Å². The summed E-state index contributed by atoms with van der Waals surface area (Å²) in [4.78, 5) is 11.9. The Kier molecular flexibility index (Phi) is 3.83. The van der Waals surface area contributed by atoms with Gasteiger partial charge in [-0.25, -0.2) is 9.48 Å². The van der Waals surface area contributed by atoms with Crippen LogP contribution in [0, 0.1) is 0 Å². The van der Waals surface area contributed by atoms with Gasteiger partial charge in [0.2, 0.25) is 0 Å². The fourth-order valence-corrected chi connectivity index (χ4v) is 1.99. The molecule has 1 fully saturated rings. The number of hydrogen-bond acceptors (Lipinski definition) is 6. The van der Waals surface area contributed by atoms with Gasteiger partial charge in [0.25, 0.3) is 0 Å². The molecule has 0 bridgehead atoms. The van der Waals surface area contributed by atoms with Gasteiger partial charge in [-0.3, -0.25) is 0 Å². The van der Waals surface area contributed by atoms with Crippen molar-refractivity contribution in [2.24, 2.45) is 0 Å². The molecule has 0 unspecified atom stereocenters. The van der Waals surface area contributed by atoms with Gasteiger partial charge in [0.15, 0.2) is 5.69 Å². The number of hydrogen-bond donors (Lipinski definition) is 1. The Hall–Kier alpha value is -2.41. The number of carbonyl (C=O) groups excluding carboxylic acids is 1. The normalized spacial score (nSPS) is 14.5. The minimum Gasteiger partial charge on any atom is -0.497 e. The summed E-state index contributed by atoms with van der Waals surface area (Å²) in [6, 6.07) is 7.65. The van der Waals surface area contributed by atoms with E-state index >= 15 is 0 Å². The third-order valence-electron chi connectivity index (χ3n) is 3.36. The van der Waals surface area contributed by atoms with Crippen LogP contribution in [-0.2, 0) is 11.3 Å². The second kappa shape index (κ2) is 5.92. The van der Waals surface area contributed by atoms with Gasteiger partial charge in [0.1, 0.15) is 12.4 Å². The van der Waals surface area contributed by atoms with Gasteiger partial charge in [-0.2, -0.15) is 0 Å². The minimum atomic E-state index is -0.476. The van der Waals surface area contributed by atoms with Gasteiger partial charge in [0.05, 0.1) is 19.3 Å². The monoisotopic (exact) mass is 288 g/mol. The van der Waals surface area contributed by atoms with E-state index in [9.17, 15) is 4.79 Å². The van der Waals surface area contributed by atoms with Crippen molar-refractivity contribution < 1.29 is 14.3 Å². The highest BCUT2D eigenvalue weighted by molar-refractivity contribution is 5.86. The predicted molar refractivity (Wildman–Crippen MR) is 74.0 cm³/mol. The van der Waals surface area contributed by atoms with E-state index in [0.29, 0.717) is 0 Å². The Morgan fingerprint density at radius 3 is 3.05 bits per heavy atom. The molecule has 1 aliphatic heterocycles. The molecule has 2 heterocycles. The van der Waals surface area contributed by atoms with Crippen LogP contribution in [0.1, 0.15) is 22.1 Å². The van der Waals surface area contributed by atoms with Crippen LogP contribution in [0.3, 0.4) is 0 Å². The summed E-state index contributed by atoms with van der Waals surface area (Å²) in [7, 11) is 1.60. The van der Waals surface area contributed by atoms with Crippen LogP contribution in [0.5, 0.6) is 5.75 Å². The molecule has 0 radical (unpaired) electrons. The molecule has 1 N–H and O–H groups in total. The lowest BCUT2D eigenvalue weighted by Crippen LogP contribution is -2.43. The van der Waals surface area contributed by atoms with Crippen molar-refractivity contribution in [3.8, 4) is 5.75 Å². The molecular weight excluding hydrogens is 272 g/mol. The quantitative estimate of drug-likeness (QED) is 0.820. The van der Waals surface area contributed by atoms with Gasteiger partial charge in [-0.1, -0.05) is 17.3 Å². The molecule has 0 spiro atoms. The zero-order chi connectivity index (χ0) is 14.7. The van der Waals surface area contributed by atoms with E-state index in [1.54, 1.807) is 18.0 Å². The molecule has 0 saturated carbocycles. The highest BCUT2D eigenvalue weighted by Gasteiger charge is 2.22. The van der Waals surface area contributed by atoms with Crippen molar-refractivity contribution in [1.29, 1.82) is 0 Å². The molecule has 1 aromatic heterocycles. The lowest BCUT2D eigenvalue weighted by Gasteiger charge is -2.26.